The van der Waals surface area contributed by atoms with Gasteiger partial charge in [-0.15, -0.1) is 0 Å². The molecule has 0 aromatic heterocycles. The Morgan fingerprint density at radius 3 is 2.53 bits per heavy atom. The van der Waals surface area contributed by atoms with Crippen molar-refractivity contribution in [3.8, 4) is 11.5 Å². The van der Waals surface area contributed by atoms with Gasteiger partial charge < -0.3 is 14.2 Å². The second kappa shape index (κ2) is 11.3. The van der Waals surface area contributed by atoms with Crippen LogP contribution in [-0.4, -0.2) is 58.8 Å². The topological polar surface area (TPSA) is 103 Å². The summed E-state index contributed by atoms with van der Waals surface area (Å²) in [7, 11) is -0.889. The lowest BCUT2D eigenvalue weighted by molar-refractivity contribution is -0.198. The monoisotopic (exact) mass is 442 g/mol. The molecule has 2 aliphatic heterocycles. The van der Waals surface area contributed by atoms with Gasteiger partial charge in [-0.05, 0) is 25.0 Å². The van der Waals surface area contributed by atoms with Crippen molar-refractivity contribution in [2.24, 2.45) is 0 Å². The Kier molecular flexibility index (Phi) is 9.09. The summed E-state index contributed by atoms with van der Waals surface area (Å²) in [6, 6.07) is 4.37. The van der Waals surface area contributed by atoms with Gasteiger partial charge >= 0.3 is 0 Å². The Bertz CT molecular complexity index is 849. The zero-order valence-electron chi connectivity index (χ0n) is 17.8. The molecule has 1 N–H and O–H groups in total. The number of carbonyl (C=O) groups is 1. The minimum absolute atomic E-state index is 0.0443. The number of amides is 1. The van der Waals surface area contributed by atoms with Crippen LogP contribution in [0.15, 0.2) is 34.7 Å². The fourth-order valence-corrected chi connectivity index (χ4v) is 4.37. The zero-order chi connectivity index (χ0) is 22.1. The molecule has 0 saturated carbocycles. The Labute approximate surface area is 177 Å². The average molecular weight is 443 g/mol. The summed E-state index contributed by atoms with van der Waals surface area (Å²) < 4.78 is 42.7. The van der Waals surface area contributed by atoms with Crippen LogP contribution in [0.25, 0.3) is 0 Å². The van der Waals surface area contributed by atoms with Crippen molar-refractivity contribution >= 4 is 15.9 Å². The van der Waals surface area contributed by atoms with Gasteiger partial charge in [0.15, 0.2) is 17.8 Å². The largest absolute Gasteiger partial charge is 0.493 e. The molecule has 0 spiro atoms. The average Bonchev–Trinajstić information content (AvgIpc) is 3.30. The molecular weight excluding hydrogens is 412 g/mol. The maximum absolute atomic E-state index is 12.9. The first-order chi connectivity index (χ1) is 14.5. The van der Waals surface area contributed by atoms with Gasteiger partial charge in [-0.25, -0.2) is 18.7 Å². The number of hydrogen-bond donors (Lipinski definition) is 1. The van der Waals surface area contributed by atoms with Gasteiger partial charge in [-0.1, -0.05) is 19.9 Å². The van der Waals surface area contributed by atoms with Crippen molar-refractivity contribution < 1.29 is 32.3 Å². The number of hydroxylamine groups is 1. The van der Waals surface area contributed by atoms with Gasteiger partial charge in [-0.2, -0.15) is 4.31 Å². The number of benzene rings is 1. The molecule has 0 radical (unpaired) electrons. The Balaban J connectivity index is 0.00000155. The predicted octanol–water partition coefficient (Wildman–Crippen LogP) is 2.24. The SMILES string of the molecule is CC.COc1ccc(S(=O)(=O)N2CC=C(C(=O)NOC3CCCCO3)C2)cc1OC. The van der Waals surface area contributed by atoms with E-state index in [1.54, 1.807) is 6.08 Å². The third-order valence-electron chi connectivity index (χ3n) is 4.59. The highest BCUT2D eigenvalue weighted by atomic mass is 32.2. The number of sulfonamides is 1. The number of ether oxygens (including phenoxy) is 3. The minimum atomic E-state index is -3.80. The zero-order valence-corrected chi connectivity index (χ0v) is 18.7. The molecule has 0 bridgehead atoms. The number of hydrogen-bond acceptors (Lipinski definition) is 7. The van der Waals surface area contributed by atoms with E-state index in [1.807, 2.05) is 13.8 Å². The highest BCUT2D eigenvalue weighted by molar-refractivity contribution is 7.89. The van der Waals surface area contributed by atoms with Crippen LogP contribution in [0.4, 0.5) is 0 Å². The fraction of sp³-hybridized carbons (Fsp3) is 0.550. The van der Waals surface area contributed by atoms with Crippen LogP contribution in [0.5, 0.6) is 11.5 Å². The quantitative estimate of drug-likeness (QED) is 0.646. The molecule has 1 fully saturated rings. The normalized spacial score (nSPS) is 19.3. The summed E-state index contributed by atoms with van der Waals surface area (Å²) in [5, 5.41) is 0. The van der Waals surface area contributed by atoms with E-state index in [0.29, 0.717) is 30.1 Å². The molecule has 168 valence electrons. The van der Waals surface area contributed by atoms with Crippen LogP contribution >= 0.6 is 0 Å². The first-order valence-corrected chi connectivity index (χ1v) is 11.4. The highest BCUT2D eigenvalue weighted by Gasteiger charge is 2.31. The van der Waals surface area contributed by atoms with Gasteiger partial charge in [0.1, 0.15) is 0 Å². The lowest BCUT2D eigenvalue weighted by atomic mass is 10.2. The Hall–Kier alpha value is -2.14. The van der Waals surface area contributed by atoms with E-state index >= 15 is 0 Å². The van der Waals surface area contributed by atoms with Gasteiger partial charge in [-0.3, -0.25) is 4.79 Å². The third-order valence-corrected chi connectivity index (χ3v) is 6.40. The summed E-state index contributed by atoms with van der Waals surface area (Å²) >= 11 is 0. The first-order valence-electron chi connectivity index (χ1n) is 9.94. The maximum Gasteiger partial charge on any atom is 0.271 e. The molecule has 1 amide bonds. The molecule has 1 saturated heterocycles. The maximum atomic E-state index is 12.9. The predicted molar refractivity (Wildman–Crippen MR) is 111 cm³/mol. The van der Waals surface area contributed by atoms with Crippen molar-refractivity contribution in [1.29, 1.82) is 0 Å². The summed E-state index contributed by atoms with van der Waals surface area (Å²) in [5.74, 6) is 0.275. The molecule has 1 unspecified atom stereocenters. The smallest absolute Gasteiger partial charge is 0.271 e. The number of carbonyl (C=O) groups excluding carboxylic acids is 1. The molecule has 1 atom stereocenters. The standard InChI is InChI=1S/C18H24N2O7S.C2H6/c1-24-15-7-6-14(11-16(15)25-2)28(22,23)20-9-8-13(12-20)18(21)19-27-17-5-3-4-10-26-17;1-2/h6-8,11,17H,3-5,9-10,12H2,1-2H3,(H,19,21);1-2H3. The van der Waals surface area contributed by atoms with Crippen molar-refractivity contribution in [3.63, 3.8) is 0 Å². The van der Waals surface area contributed by atoms with E-state index < -0.39 is 22.2 Å². The van der Waals surface area contributed by atoms with Gasteiger partial charge in [0.25, 0.3) is 5.91 Å². The second-order valence-corrected chi connectivity index (χ2v) is 8.33. The van der Waals surface area contributed by atoms with Crippen LogP contribution in [0, 0.1) is 0 Å². The minimum Gasteiger partial charge on any atom is -0.493 e. The van der Waals surface area contributed by atoms with E-state index in [2.05, 4.69) is 5.48 Å². The van der Waals surface area contributed by atoms with Crippen molar-refractivity contribution in [3.05, 3.63) is 29.8 Å². The van der Waals surface area contributed by atoms with Crippen molar-refractivity contribution in [2.75, 3.05) is 33.9 Å². The number of nitrogens with zero attached hydrogens (tertiary/aromatic N) is 1. The highest BCUT2D eigenvalue weighted by Crippen LogP contribution is 2.31. The number of rotatable bonds is 7. The van der Waals surface area contributed by atoms with Crippen LogP contribution in [0.1, 0.15) is 33.1 Å². The third kappa shape index (κ3) is 5.72. The fourth-order valence-electron chi connectivity index (χ4n) is 2.99. The number of nitrogens with one attached hydrogen (secondary N) is 1. The summed E-state index contributed by atoms with van der Waals surface area (Å²) in [6.45, 7) is 4.65. The summed E-state index contributed by atoms with van der Waals surface area (Å²) in [5.41, 5.74) is 2.67. The van der Waals surface area contributed by atoms with Crippen LogP contribution in [-0.2, 0) is 24.4 Å². The molecule has 3 rings (SSSR count). The van der Waals surface area contributed by atoms with E-state index in [0.717, 1.165) is 12.8 Å². The Morgan fingerprint density at radius 2 is 1.90 bits per heavy atom. The van der Waals surface area contributed by atoms with Gasteiger partial charge in [0.2, 0.25) is 10.0 Å². The number of methoxy groups -OCH3 is 2. The lowest BCUT2D eigenvalue weighted by Crippen LogP contribution is -2.36. The van der Waals surface area contributed by atoms with Crippen LogP contribution < -0.4 is 15.0 Å². The molecule has 0 aliphatic carbocycles. The molecule has 10 heteroatoms. The van der Waals surface area contributed by atoms with Crippen molar-refractivity contribution in [1.82, 2.24) is 9.79 Å². The van der Waals surface area contributed by atoms with Crippen LogP contribution in [0.2, 0.25) is 0 Å². The first kappa shape index (κ1) is 24.1. The molecule has 2 heterocycles. The molecular formula is C20H30N2O7S. The lowest BCUT2D eigenvalue weighted by Gasteiger charge is -2.22. The van der Waals surface area contributed by atoms with E-state index in [4.69, 9.17) is 19.0 Å². The summed E-state index contributed by atoms with van der Waals surface area (Å²) in [6.07, 6.45) is 3.76. The molecule has 2 aliphatic rings. The van der Waals surface area contributed by atoms with Gasteiger partial charge in [0, 0.05) is 37.8 Å². The Morgan fingerprint density at radius 1 is 1.17 bits per heavy atom. The molecule has 9 nitrogen and oxygen atoms in total. The van der Waals surface area contributed by atoms with Crippen LogP contribution in [0.3, 0.4) is 0 Å². The van der Waals surface area contributed by atoms with E-state index in [1.165, 1.54) is 36.7 Å². The molecule has 30 heavy (non-hydrogen) atoms. The molecule has 1 aromatic rings. The van der Waals surface area contributed by atoms with E-state index in [-0.39, 0.29) is 18.0 Å². The second-order valence-electron chi connectivity index (χ2n) is 6.39. The van der Waals surface area contributed by atoms with E-state index in [9.17, 15) is 13.2 Å². The van der Waals surface area contributed by atoms with Gasteiger partial charge in [0.05, 0.1) is 19.1 Å². The summed E-state index contributed by atoms with van der Waals surface area (Å²) in [4.78, 5) is 17.6. The van der Waals surface area contributed by atoms with Crippen molar-refractivity contribution in [2.45, 2.75) is 44.3 Å². The molecule has 1 aromatic carbocycles.